The van der Waals surface area contributed by atoms with Crippen molar-refractivity contribution in [1.29, 1.82) is 0 Å². The van der Waals surface area contributed by atoms with Crippen LogP contribution in [0.1, 0.15) is 23.0 Å². The van der Waals surface area contributed by atoms with E-state index in [1.807, 2.05) is 44.3 Å². The van der Waals surface area contributed by atoms with Crippen molar-refractivity contribution in [2.24, 2.45) is 7.05 Å². The van der Waals surface area contributed by atoms with Crippen LogP contribution in [-0.2, 0) is 11.8 Å². The first-order chi connectivity index (χ1) is 13.9. The SMILES string of the molecule is CCOC(=O)c1ccc(NC(=S)Nc2c(C)n(C)n(-c3ccccc3)c2=O)cc1. The second-order valence-electron chi connectivity index (χ2n) is 6.31. The molecule has 3 rings (SSSR count). The topological polar surface area (TPSA) is 77.3 Å². The minimum absolute atomic E-state index is 0.196. The lowest BCUT2D eigenvalue weighted by molar-refractivity contribution is 0.0526. The van der Waals surface area contributed by atoms with E-state index in [9.17, 15) is 9.59 Å². The summed E-state index contributed by atoms with van der Waals surface area (Å²) < 4.78 is 8.32. The molecule has 150 valence electrons. The normalized spacial score (nSPS) is 10.4. The fraction of sp³-hybridized carbons (Fsp3) is 0.190. The number of carbonyl (C=O) groups is 1. The molecule has 0 saturated heterocycles. The van der Waals surface area contributed by atoms with Gasteiger partial charge in [0.25, 0.3) is 5.56 Å². The van der Waals surface area contributed by atoms with Gasteiger partial charge in [-0.25, -0.2) is 9.48 Å². The van der Waals surface area contributed by atoms with E-state index in [1.54, 1.807) is 40.6 Å². The summed E-state index contributed by atoms with van der Waals surface area (Å²) in [7, 11) is 1.82. The Morgan fingerprint density at radius 1 is 1.07 bits per heavy atom. The molecule has 0 amide bonds. The Bertz CT molecular complexity index is 1090. The minimum atomic E-state index is -0.374. The van der Waals surface area contributed by atoms with E-state index in [-0.39, 0.29) is 16.6 Å². The van der Waals surface area contributed by atoms with Gasteiger partial charge in [-0.1, -0.05) is 18.2 Å². The van der Waals surface area contributed by atoms with Gasteiger partial charge in [-0.3, -0.25) is 9.48 Å². The van der Waals surface area contributed by atoms with Gasteiger partial charge in [0, 0.05) is 12.7 Å². The van der Waals surface area contributed by atoms with Crippen molar-refractivity contribution >= 4 is 34.7 Å². The molecule has 0 bridgehead atoms. The average molecular weight is 410 g/mol. The molecule has 0 fully saturated rings. The van der Waals surface area contributed by atoms with Crippen LogP contribution in [0.3, 0.4) is 0 Å². The first-order valence-electron chi connectivity index (χ1n) is 9.11. The summed E-state index contributed by atoms with van der Waals surface area (Å²) >= 11 is 5.36. The third-order valence-corrected chi connectivity index (χ3v) is 4.65. The number of nitrogens with one attached hydrogen (secondary N) is 2. The van der Waals surface area contributed by atoms with Crippen LogP contribution in [0, 0.1) is 6.92 Å². The zero-order valence-electron chi connectivity index (χ0n) is 16.4. The molecule has 0 aliphatic carbocycles. The largest absolute Gasteiger partial charge is 0.462 e. The second-order valence-corrected chi connectivity index (χ2v) is 6.72. The molecule has 0 radical (unpaired) electrons. The van der Waals surface area contributed by atoms with Gasteiger partial charge in [-0.15, -0.1) is 0 Å². The molecule has 0 spiro atoms. The third-order valence-electron chi connectivity index (χ3n) is 4.45. The Hall–Kier alpha value is -3.39. The van der Waals surface area contributed by atoms with Gasteiger partial charge in [0.2, 0.25) is 0 Å². The van der Waals surface area contributed by atoms with Crippen LogP contribution in [0.25, 0.3) is 5.69 Å². The fourth-order valence-electron chi connectivity index (χ4n) is 2.89. The number of hydrogen-bond donors (Lipinski definition) is 2. The quantitative estimate of drug-likeness (QED) is 0.495. The number of aromatic nitrogens is 2. The summed E-state index contributed by atoms with van der Waals surface area (Å²) in [4.78, 5) is 24.6. The standard InChI is InChI=1S/C21H22N4O3S/c1-4-28-20(27)15-10-12-16(13-11-15)22-21(29)23-18-14(2)24(3)25(19(18)26)17-8-6-5-7-9-17/h5-13H,4H2,1-3H3,(H2,22,23,29). The molecule has 8 heteroatoms. The van der Waals surface area contributed by atoms with Gasteiger partial charge < -0.3 is 15.4 Å². The summed E-state index contributed by atoms with van der Waals surface area (Å²) in [5.74, 6) is -0.374. The van der Waals surface area contributed by atoms with Crippen molar-refractivity contribution in [3.63, 3.8) is 0 Å². The highest BCUT2D eigenvalue weighted by Gasteiger charge is 2.17. The molecular formula is C21H22N4O3S. The highest BCUT2D eigenvalue weighted by atomic mass is 32.1. The van der Waals surface area contributed by atoms with Crippen molar-refractivity contribution in [2.75, 3.05) is 17.2 Å². The van der Waals surface area contributed by atoms with Gasteiger partial charge in [0.15, 0.2) is 5.11 Å². The first kappa shape index (κ1) is 20.3. The molecule has 2 N–H and O–H groups in total. The summed E-state index contributed by atoms with van der Waals surface area (Å²) in [6.07, 6.45) is 0. The lowest BCUT2D eigenvalue weighted by Gasteiger charge is -2.10. The number of hydrogen-bond acceptors (Lipinski definition) is 4. The Kier molecular flexibility index (Phi) is 6.13. The number of ether oxygens (including phenoxy) is 1. The lowest BCUT2D eigenvalue weighted by atomic mass is 10.2. The van der Waals surface area contributed by atoms with Crippen molar-refractivity contribution in [3.8, 4) is 5.69 Å². The Balaban J connectivity index is 1.76. The maximum atomic E-state index is 12.9. The van der Waals surface area contributed by atoms with E-state index >= 15 is 0 Å². The van der Waals surface area contributed by atoms with Crippen LogP contribution in [0.2, 0.25) is 0 Å². The predicted molar refractivity (Wildman–Crippen MR) is 118 cm³/mol. The molecule has 0 atom stereocenters. The maximum absolute atomic E-state index is 12.9. The molecule has 7 nitrogen and oxygen atoms in total. The molecule has 0 unspecified atom stereocenters. The van der Waals surface area contributed by atoms with Gasteiger partial charge >= 0.3 is 5.97 Å². The van der Waals surface area contributed by atoms with Crippen molar-refractivity contribution in [1.82, 2.24) is 9.36 Å². The van der Waals surface area contributed by atoms with Gasteiger partial charge in [0.1, 0.15) is 5.69 Å². The summed E-state index contributed by atoms with van der Waals surface area (Å²) in [5, 5.41) is 6.29. The highest BCUT2D eigenvalue weighted by Crippen LogP contribution is 2.15. The smallest absolute Gasteiger partial charge is 0.338 e. The molecule has 29 heavy (non-hydrogen) atoms. The first-order valence-corrected chi connectivity index (χ1v) is 9.52. The molecule has 0 aliphatic heterocycles. The Labute approximate surface area is 173 Å². The number of carbonyl (C=O) groups excluding carboxylic acids is 1. The third kappa shape index (κ3) is 4.38. The Morgan fingerprint density at radius 2 is 1.72 bits per heavy atom. The number of esters is 1. The maximum Gasteiger partial charge on any atom is 0.338 e. The van der Waals surface area contributed by atoms with Crippen molar-refractivity contribution < 1.29 is 9.53 Å². The number of para-hydroxylation sites is 1. The Morgan fingerprint density at radius 3 is 2.34 bits per heavy atom. The van der Waals surface area contributed by atoms with E-state index < -0.39 is 0 Å². The van der Waals surface area contributed by atoms with Gasteiger partial charge in [-0.2, -0.15) is 0 Å². The number of nitrogens with zero attached hydrogens (tertiary/aromatic N) is 2. The van der Waals surface area contributed by atoms with Crippen LogP contribution < -0.4 is 16.2 Å². The summed E-state index contributed by atoms with van der Waals surface area (Å²) in [5.41, 5.74) is 2.87. The van der Waals surface area contributed by atoms with E-state index in [1.165, 1.54) is 0 Å². The van der Waals surface area contributed by atoms with E-state index in [4.69, 9.17) is 17.0 Å². The lowest BCUT2D eigenvalue weighted by Crippen LogP contribution is -2.25. The van der Waals surface area contributed by atoms with E-state index in [0.29, 0.717) is 23.5 Å². The van der Waals surface area contributed by atoms with E-state index in [2.05, 4.69) is 10.6 Å². The van der Waals surface area contributed by atoms with Gasteiger partial charge in [0.05, 0.1) is 23.6 Å². The fourth-order valence-corrected chi connectivity index (χ4v) is 3.11. The van der Waals surface area contributed by atoms with Crippen LogP contribution in [-0.4, -0.2) is 27.1 Å². The number of anilines is 2. The molecule has 0 aliphatic rings. The number of rotatable bonds is 5. The molecule has 1 heterocycles. The molecular weight excluding hydrogens is 388 g/mol. The molecule has 1 aromatic heterocycles. The molecule has 2 aromatic carbocycles. The van der Waals surface area contributed by atoms with Crippen molar-refractivity contribution in [3.05, 3.63) is 76.2 Å². The van der Waals surface area contributed by atoms with Crippen molar-refractivity contribution in [2.45, 2.75) is 13.8 Å². The van der Waals surface area contributed by atoms with Gasteiger partial charge in [-0.05, 0) is 62.5 Å². The second kappa shape index (κ2) is 8.74. The summed E-state index contributed by atoms with van der Waals surface area (Å²) in [6.45, 7) is 3.93. The number of thiocarbonyl (C=S) groups is 1. The van der Waals surface area contributed by atoms with Crippen LogP contribution in [0.5, 0.6) is 0 Å². The van der Waals surface area contributed by atoms with Crippen LogP contribution >= 0.6 is 12.2 Å². The molecule has 3 aromatic rings. The monoisotopic (exact) mass is 410 g/mol. The molecule has 0 saturated carbocycles. The highest BCUT2D eigenvalue weighted by molar-refractivity contribution is 7.80. The minimum Gasteiger partial charge on any atom is -0.462 e. The zero-order chi connectivity index (χ0) is 21.0. The van der Waals surface area contributed by atoms with Crippen LogP contribution in [0.4, 0.5) is 11.4 Å². The summed E-state index contributed by atoms with van der Waals surface area (Å²) in [6, 6.07) is 16.1. The van der Waals surface area contributed by atoms with Crippen LogP contribution in [0.15, 0.2) is 59.4 Å². The van der Waals surface area contributed by atoms with E-state index in [0.717, 1.165) is 11.4 Å². The number of benzene rings is 2. The average Bonchev–Trinajstić information content (AvgIpc) is 2.92. The zero-order valence-corrected chi connectivity index (χ0v) is 17.2. The predicted octanol–water partition coefficient (Wildman–Crippen LogP) is 3.47.